The Morgan fingerprint density at radius 3 is 2.35 bits per heavy atom. The van der Waals surface area contributed by atoms with Crippen molar-refractivity contribution in [3.8, 4) is 0 Å². The van der Waals surface area contributed by atoms with Crippen molar-refractivity contribution in [2.45, 2.75) is 24.0 Å². The van der Waals surface area contributed by atoms with E-state index in [9.17, 15) is 9.59 Å². The quantitative estimate of drug-likeness (QED) is 0.340. The van der Waals surface area contributed by atoms with Gasteiger partial charge in [-0.25, -0.2) is 0 Å². The average molecular weight is 298 g/mol. The number of amides is 2. The van der Waals surface area contributed by atoms with Gasteiger partial charge >= 0.3 is 108 Å². The van der Waals surface area contributed by atoms with Gasteiger partial charge in [-0.15, -0.1) is 0 Å². The molecule has 0 aromatic heterocycles. The first-order valence-corrected chi connectivity index (χ1v) is 9.19. The minimum atomic E-state index is -0.00960. The molecule has 1 saturated carbocycles. The zero-order valence-electron chi connectivity index (χ0n) is 9.96. The zero-order chi connectivity index (χ0) is 12.0. The van der Waals surface area contributed by atoms with Gasteiger partial charge in [-0.1, -0.05) is 0 Å². The van der Waals surface area contributed by atoms with Crippen LogP contribution in [0.1, 0.15) is 12.8 Å². The topological polar surface area (TPSA) is 37.4 Å². The number of imide groups is 1. The molecular formula is C13H17NO2Se. The summed E-state index contributed by atoms with van der Waals surface area (Å²) in [5.41, 5.74) is 0. The summed E-state index contributed by atoms with van der Waals surface area (Å²) in [6.45, 7) is 0.652. The van der Waals surface area contributed by atoms with E-state index in [1.165, 1.54) is 0 Å². The first kappa shape index (κ1) is 11.5. The minimum absolute atomic E-state index is 0.00960. The van der Waals surface area contributed by atoms with Gasteiger partial charge in [-0.3, -0.25) is 0 Å². The number of nitrogens with zero attached hydrogens (tertiary/aromatic N) is 1. The Labute approximate surface area is 108 Å². The summed E-state index contributed by atoms with van der Waals surface area (Å²) in [5, 5.41) is 1.16. The Hall–Kier alpha value is -0.601. The molecule has 3 rings (SSSR count). The number of allylic oxidation sites excluding steroid dienone is 2. The van der Waals surface area contributed by atoms with Crippen molar-refractivity contribution >= 4 is 26.8 Å². The van der Waals surface area contributed by atoms with Crippen LogP contribution in [-0.2, 0) is 9.59 Å². The SMILES string of the molecule is C[Se]CCCN1C(=O)[C@@H]2[C@H](C1=O)[C@@H]1C=C[C@H]2C1. The van der Waals surface area contributed by atoms with E-state index in [0.717, 1.165) is 18.2 Å². The second kappa shape index (κ2) is 4.25. The molecule has 2 bridgehead atoms. The van der Waals surface area contributed by atoms with Gasteiger partial charge in [0.05, 0.1) is 0 Å². The molecule has 1 saturated heterocycles. The van der Waals surface area contributed by atoms with Crippen LogP contribution in [0.3, 0.4) is 0 Å². The number of hydrogen-bond donors (Lipinski definition) is 0. The van der Waals surface area contributed by atoms with E-state index in [-0.39, 0.29) is 23.7 Å². The Kier molecular flexibility index (Phi) is 2.87. The maximum absolute atomic E-state index is 12.3. The van der Waals surface area contributed by atoms with Crippen LogP contribution in [0.5, 0.6) is 0 Å². The van der Waals surface area contributed by atoms with Crippen LogP contribution >= 0.6 is 0 Å². The Morgan fingerprint density at radius 2 is 1.82 bits per heavy atom. The molecule has 0 N–H and O–H groups in total. The number of carbonyl (C=O) groups excluding carboxylic acids is 2. The molecule has 2 aliphatic carbocycles. The molecule has 0 aromatic carbocycles. The Balaban J connectivity index is 1.74. The van der Waals surface area contributed by atoms with Crippen molar-refractivity contribution in [2.24, 2.45) is 23.7 Å². The van der Waals surface area contributed by atoms with Crippen molar-refractivity contribution in [1.29, 1.82) is 0 Å². The van der Waals surface area contributed by atoms with E-state index in [0.29, 0.717) is 33.3 Å². The number of rotatable bonds is 4. The van der Waals surface area contributed by atoms with Crippen LogP contribution in [0.15, 0.2) is 12.2 Å². The van der Waals surface area contributed by atoms with Gasteiger partial charge in [-0.05, 0) is 0 Å². The predicted molar refractivity (Wildman–Crippen MR) is 65.5 cm³/mol. The number of fused-ring (bicyclic) bond motifs is 5. The number of hydrogen-bond acceptors (Lipinski definition) is 2. The third-order valence-electron chi connectivity index (χ3n) is 4.29. The second-order valence-corrected chi connectivity index (χ2v) is 7.24. The Morgan fingerprint density at radius 1 is 1.24 bits per heavy atom. The second-order valence-electron chi connectivity index (χ2n) is 5.17. The fraction of sp³-hybridized carbons (Fsp3) is 0.692. The summed E-state index contributed by atoms with van der Waals surface area (Å²) in [5.74, 6) is 3.10. The molecule has 4 atom stereocenters. The van der Waals surface area contributed by atoms with E-state index >= 15 is 0 Å². The molecule has 0 spiro atoms. The van der Waals surface area contributed by atoms with E-state index in [1.54, 1.807) is 4.90 Å². The average Bonchev–Trinajstić information content (AvgIpc) is 2.97. The van der Waals surface area contributed by atoms with Crippen LogP contribution in [0.4, 0.5) is 0 Å². The summed E-state index contributed by atoms with van der Waals surface area (Å²) >= 11 is 0.641. The standard InChI is InChI=1S/C13H17NO2Se/c1-17-6-2-5-14-12(15)10-8-3-4-9(7-8)11(10)13(14)16/h3-4,8-11H,2,5-7H2,1H3/t8-,9+,10-,11+. The van der Waals surface area contributed by atoms with E-state index < -0.39 is 0 Å². The molecule has 0 radical (unpaired) electrons. The van der Waals surface area contributed by atoms with E-state index in [2.05, 4.69) is 18.0 Å². The molecule has 92 valence electrons. The van der Waals surface area contributed by atoms with Gasteiger partial charge in [0.2, 0.25) is 0 Å². The molecule has 4 heteroatoms. The first-order valence-electron chi connectivity index (χ1n) is 6.26. The van der Waals surface area contributed by atoms with Crippen LogP contribution in [0.2, 0.25) is 11.1 Å². The van der Waals surface area contributed by atoms with Crippen LogP contribution in [0, 0.1) is 23.7 Å². The molecule has 1 aliphatic heterocycles. The van der Waals surface area contributed by atoms with Gasteiger partial charge in [0.25, 0.3) is 0 Å². The number of carbonyl (C=O) groups is 2. The summed E-state index contributed by atoms with van der Waals surface area (Å²) in [6, 6.07) is 0. The summed E-state index contributed by atoms with van der Waals surface area (Å²) in [6.07, 6.45) is 6.31. The van der Waals surface area contributed by atoms with Gasteiger partial charge in [0, 0.05) is 0 Å². The molecule has 3 aliphatic rings. The fourth-order valence-corrected chi connectivity index (χ4v) is 4.43. The van der Waals surface area contributed by atoms with Crippen molar-refractivity contribution in [1.82, 2.24) is 4.90 Å². The van der Waals surface area contributed by atoms with Crippen molar-refractivity contribution < 1.29 is 9.59 Å². The normalized spacial score (nSPS) is 38.3. The third kappa shape index (κ3) is 1.61. The molecule has 0 aromatic rings. The summed E-state index contributed by atoms with van der Waals surface area (Å²) in [7, 11) is 0. The van der Waals surface area contributed by atoms with Crippen molar-refractivity contribution in [3.05, 3.63) is 12.2 Å². The van der Waals surface area contributed by atoms with E-state index in [4.69, 9.17) is 0 Å². The first-order chi connectivity index (χ1) is 8.24. The summed E-state index contributed by atoms with van der Waals surface area (Å²) < 4.78 is 0. The van der Waals surface area contributed by atoms with Gasteiger partial charge in [-0.2, -0.15) is 0 Å². The third-order valence-corrected chi connectivity index (χ3v) is 5.75. The molecule has 0 unspecified atom stereocenters. The van der Waals surface area contributed by atoms with Gasteiger partial charge in [0.1, 0.15) is 0 Å². The fourth-order valence-electron chi connectivity index (χ4n) is 3.55. The maximum atomic E-state index is 12.3. The summed E-state index contributed by atoms with van der Waals surface area (Å²) in [4.78, 5) is 26.1. The van der Waals surface area contributed by atoms with E-state index in [1.807, 2.05) is 0 Å². The predicted octanol–water partition coefficient (Wildman–Crippen LogP) is 1.35. The monoisotopic (exact) mass is 299 g/mol. The van der Waals surface area contributed by atoms with Crippen molar-refractivity contribution in [3.63, 3.8) is 0 Å². The number of likely N-dealkylation sites (tertiary alicyclic amines) is 1. The van der Waals surface area contributed by atoms with Gasteiger partial charge < -0.3 is 0 Å². The van der Waals surface area contributed by atoms with Crippen molar-refractivity contribution in [2.75, 3.05) is 6.54 Å². The van der Waals surface area contributed by atoms with Crippen LogP contribution in [-0.4, -0.2) is 38.2 Å². The Bertz CT molecular complexity index is 363. The van der Waals surface area contributed by atoms with Gasteiger partial charge in [0.15, 0.2) is 0 Å². The molecule has 2 fully saturated rings. The molecule has 1 heterocycles. The van der Waals surface area contributed by atoms with Crippen LogP contribution < -0.4 is 0 Å². The zero-order valence-corrected chi connectivity index (χ0v) is 11.7. The molecule has 2 amide bonds. The van der Waals surface area contributed by atoms with Crippen LogP contribution in [0.25, 0.3) is 0 Å². The molecular weight excluding hydrogens is 281 g/mol. The molecule has 17 heavy (non-hydrogen) atoms. The molecule has 3 nitrogen and oxygen atoms in total.